The van der Waals surface area contributed by atoms with Crippen molar-refractivity contribution in [1.82, 2.24) is 9.97 Å². The van der Waals surface area contributed by atoms with Crippen molar-refractivity contribution >= 4 is 11.6 Å². The van der Waals surface area contributed by atoms with Gasteiger partial charge in [0.2, 0.25) is 5.88 Å². The van der Waals surface area contributed by atoms with Crippen LogP contribution in [0.3, 0.4) is 0 Å². The highest BCUT2D eigenvalue weighted by Crippen LogP contribution is 2.28. The summed E-state index contributed by atoms with van der Waals surface area (Å²) in [6.07, 6.45) is 0. The lowest BCUT2D eigenvalue weighted by Gasteiger charge is -2.09. The second-order valence-corrected chi connectivity index (χ2v) is 3.88. The third-order valence-corrected chi connectivity index (χ3v) is 2.56. The lowest BCUT2D eigenvalue weighted by Crippen LogP contribution is -1.98. The van der Waals surface area contributed by atoms with Crippen molar-refractivity contribution in [3.63, 3.8) is 0 Å². The summed E-state index contributed by atoms with van der Waals surface area (Å²) < 4.78 is 18.8. The van der Waals surface area contributed by atoms with Crippen LogP contribution >= 0.6 is 11.6 Å². The first-order valence-corrected chi connectivity index (χ1v) is 5.39. The zero-order valence-electron chi connectivity index (χ0n) is 9.37. The molecule has 0 amide bonds. The molecule has 1 aromatic heterocycles. The molecule has 2 aromatic rings. The van der Waals surface area contributed by atoms with Gasteiger partial charge in [0.25, 0.3) is 0 Å². The molecule has 0 spiro atoms. The number of nitrogens with zero attached hydrogens (tertiary/aromatic N) is 2. The molecule has 0 N–H and O–H groups in total. The quantitative estimate of drug-likeness (QED) is 0.765. The predicted octanol–water partition coefficient (Wildman–Crippen LogP) is 3.68. The second kappa shape index (κ2) is 4.67. The first kappa shape index (κ1) is 11.8. The molecule has 0 atom stereocenters. The molecule has 88 valence electrons. The van der Waals surface area contributed by atoms with Crippen LogP contribution in [0.5, 0.6) is 11.6 Å². The highest BCUT2D eigenvalue weighted by atomic mass is 35.5. The average Bonchev–Trinajstić information content (AvgIpc) is 2.28. The second-order valence-electron chi connectivity index (χ2n) is 3.52. The Morgan fingerprint density at radius 1 is 1.18 bits per heavy atom. The van der Waals surface area contributed by atoms with E-state index in [1.807, 2.05) is 0 Å². The predicted molar refractivity (Wildman–Crippen MR) is 63.0 cm³/mol. The van der Waals surface area contributed by atoms with Gasteiger partial charge in [0.1, 0.15) is 11.0 Å². The Morgan fingerprint density at radius 2 is 1.88 bits per heavy atom. The third-order valence-electron chi connectivity index (χ3n) is 2.20. The minimum Gasteiger partial charge on any atom is -0.435 e. The molecule has 0 fully saturated rings. The summed E-state index contributed by atoms with van der Waals surface area (Å²) in [7, 11) is 0. The standard InChI is InChI=1S/C12H10ClFN2O/c1-7-11(13)15-8(2)16-12(7)17-10-6-4-3-5-9(10)14/h3-6H,1-2H3. The van der Waals surface area contributed by atoms with Gasteiger partial charge in [-0.1, -0.05) is 23.7 Å². The average molecular weight is 253 g/mol. The van der Waals surface area contributed by atoms with Crippen LogP contribution in [-0.4, -0.2) is 9.97 Å². The van der Waals surface area contributed by atoms with Crippen molar-refractivity contribution in [1.29, 1.82) is 0 Å². The molecule has 0 aliphatic heterocycles. The SMILES string of the molecule is Cc1nc(Cl)c(C)c(Oc2ccccc2F)n1. The summed E-state index contributed by atoms with van der Waals surface area (Å²) >= 11 is 5.90. The minimum absolute atomic E-state index is 0.116. The fourth-order valence-electron chi connectivity index (χ4n) is 1.30. The van der Waals surface area contributed by atoms with Crippen molar-refractivity contribution in [3.05, 3.63) is 46.6 Å². The van der Waals surface area contributed by atoms with Crippen molar-refractivity contribution in [2.45, 2.75) is 13.8 Å². The van der Waals surface area contributed by atoms with E-state index in [1.54, 1.807) is 26.0 Å². The van der Waals surface area contributed by atoms with E-state index in [2.05, 4.69) is 9.97 Å². The smallest absolute Gasteiger partial charge is 0.227 e. The Kier molecular flexibility index (Phi) is 3.24. The van der Waals surface area contributed by atoms with Gasteiger partial charge in [-0.25, -0.2) is 9.37 Å². The first-order chi connectivity index (χ1) is 8.08. The fraction of sp³-hybridized carbons (Fsp3) is 0.167. The number of aromatic nitrogens is 2. The van der Waals surface area contributed by atoms with Crippen LogP contribution in [0.25, 0.3) is 0 Å². The zero-order valence-corrected chi connectivity index (χ0v) is 10.1. The van der Waals surface area contributed by atoms with Crippen LogP contribution < -0.4 is 4.74 Å². The monoisotopic (exact) mass is 252 g/mol. The Bertz CT molecular complexity index is 560. The van der Waals surface area contributed by atoms with Crippen molar-refractivity contribution in [2.75, 3.05) is 0 Å². The van der Waals surface area contributed by atoms with E-state index in [9.17, 15) is 4.39 Å². The van der Waals surface area contributed by atoms with E-state index >= 15 is 0 Å². The first-order valence-electron chi connectivity index (χ1n) is 5.01. The van der Waals surface area contributed by atoms with E-state index in [1.165, 1.54) is 12.1 Å². The molecule has 1 heterocycles. The van der Waals surface area contributed by atoms with E-state index < -0.39 is 5.82 Å². The van der Waals surface area contributed by atoms with Gasteiger partial charge in [0.15, 0.2) is 11.6 Å². The Morgan fingerprint density at radius 3 is 2.59 bits per heavy atom. The number of hydrogen-bond donors (Lipinski definition) is 0. The molecule has 5 heteroatoms. The molecule has 0 radical (unpaired) electrons. The van der Waals surface area contributed by atoms with Gasteiger partial charge in [-0.2, -0.15) is 4.98 Å². The van der Waals surface area contributed by atoms with Crippen LogP contribution in [0.2, 0.25) is 5.15 Å². The molecule has 0 unspecified atom stereocenters. The molecule has 17 heavy (non-hydrogen) atoms. The Hall–Kier alpha value is -1.68. The van der Waals surface area contributed by atoms with Crippen LogP contribution in [0.1, 0.15) is 11.4 Å². The topological polar surface area (TPSA) is 35.0 Å². The summed E-state index contributed by atoms with van der Waals surface area (Å²) in [5.74, 6) is 0.420. The van der Waals surface area contributed by atoms with Gasteiger partial charge in [-0.05, 0) is 26.0 Å². The van der Waals surface area contributed by atoms with Crippen LogP contribution in [0, 0.1) is 19.7 Å². The molecule has 3 nitrogen and oxygen atoms in total. The lowest BCUT2D eigenvalue weighted by molar-refractivity contribution is 0.422. The van der Waals surface area contributed by atoms with E-state index in [-0.39, 0.29) is 11.6 Å². The van der Waals surface area contributed by atoms with Crippen LogP contribution in [0.15, 0.2) is 24.3 Å². The number of aryl methyl sites for hydroxylation is 1. The van der Waals surface area contributed by atoms with Gasteiger partial charge in [-0.3, -0.25) is 0 Å². The molecular weight excluding hydrogens is 243 g/mol. The maximum atomic E-state index is 13.4. The summed E-state index contributed by atoms with van der Waals surface area (Å²) in [6.45, 7) is 3.41. The van der Waals surface area contributed by atoms with Gasteiger partial charge in [-0.15, -0.1) is 0 Å². The molecule has 0 aliphatic rings. The number of hydrogen-bond acceptors (Lipinski definition) is 3. The van der Waals surface area contributed by atoms with E-state index in [4.69, 9.17) is 16.3 Å². The summed E-state index contributed by atoms with van der Waals surface area (Å²) in [4.78, 5) is 8.06. The number of para-hydroxylation sites is 1. The van der Waals surface area contributed by atoms with Crippen molar-refractivity contribution in [2.24, 2.45) is 0 Å². The van der Waals surface area contributed by atoms with Gasteiger partial charge < -0.3 is 4.74 Å². The molecule has 0 saturated carbocycles. The minimum atomic E-state index is -0.445. The zero-order chi connectivity index (χ0) is 12.4. The lowest BCUT2D eigenvalue weighted by atomic mass is 10.3. The normalized spacial score (nSPS) is 10.4. The summed E-state index contributed by atoms with van der Waals surface area (Å²) in [6, 6.07) is 6.12. The van der Waals surface area contributed by atoms with Gasteiger partial charge in [0.05, 0.1) is 0 Å². The molecule has 0 bridgehead atoms. The summed E-state index contributed by atoms with van der Waals surface area (Å²) in [5.41, 5.74) is 0.584. The maximum Gasteiger partial charge on any atom is 0.227 e. The highest BCUT2D eigenvalue weighted by Gasteiger charge is 2.11. The largest absolute Gasteiger partial charge is 0.435 e. The van der Waals surface area contributed by atoms with Gasteiger partial charge in [0, 0.05) is 5.56 Å². The fourth-order valence-corrected chi connectivity index (χ4v) is 1.50. The number of benzene rings is 1. The Balaban J connectivity index is 2.40. The number of ether oxygens (including phenoxy) is 1. The molecular formula is C12H10ClFN2O. The number of rotatable bonds is 2. The number of halogens is 2. The van der Waals surface area contributed by atoms with Gasteiger partial charge >= 0.3 is 0 Å². The highest BCUT2D eigenvalue weighted by molar-refractivity contribution is 6.30. The van der Waals surface area contributed by atoms with E-state index in [0.29, 0.717) is 16.5 Å². The molecule has 0 aliphatic carbocycles. The van der Waals surface area contributed by atoms with Crippen LogP contribution in [0.4, 0.5) is 4.39 Å². The summed E-state index contributed by atoms with van der Waals surface area (Å²) in [5, 5.41) is 0.309. The van der Waals surface area contributed by atoms with Crippen molar-refractivity contribution < 1.29 is 9.13 Å². The maximum absolute atomic E-state index is 13.4. The molecule has 0 saturated heterocycles. The molecule has 1 aromatic carbocycles. The molecule has 2 rings (SSSR count). The van der Waals surface area contributed by atoms with E-state index in [0.717, 1.165) is 0 Å². The van der Waals surface area contributed by atoms with Crippen molar-refractivity contribution in [3.8, 4) is 11.6 Å². The third kappa shape index (κ3) is 2.53. The Labute approximate surface area is 103 Å². The van der Waals surface area contributed by atoms with Crippen LogP contribution in [-0.2, 0) is 0 Å².